The summed E-state index contributed by atoms with van der Waals surface area (Å²) in [6.45, 7) is 4.20. The molecule has 1 saturated heterocycles. The van der Waals surface area contributed by atoms with Crippen molar-refractivity contribution < 1.29 is 8.95 Å². The molecule has 0 saturated carbocycles. The van der Waals surface area contributed by atoms with Crippen LogP contribution in [0.2, 0.25) is 5.02 Å². The van der Waals surface area contributed by atoms with Crippen molar-refractivity contribution in [1.29, 1.82) is 0 Å². The van der Waals surface area contributed by atoms with Crippen LogP contribution in [0.15, 0.2) is 23.4 Å². The highest BCUT2D eigenvalue weighted by Crippen LogP contribution is 2.12. The molecular formula is C11H15ClN2O2S. The van der Waals surface area contributed by atoms with E-state index in [1.165, 1.54) is 0 Å². The minimum Gasteiger partial charge on any atom is -0.379 e. The van der Waals surface area contributed by atoms with Gasteiger partial charge in [-0.2, -0.15) is 0 Å². The van der Waals surface area contributed by atoms with Crippen molar-refractivity contribution in [2.24, 2.45) is 0 Å². The lowest BCUT2D eigenvalue weighted by Crippen LogP contribution is -2.38. The Hall–Kier alpha value is -0.490. The molecule has 1 aliphatic rings. The third-order valence-corrected chi connectivity index (χ3v) is 4.15. The van der Waals surface area contributed by atoms with Gasteiger partial charge in [-0.3, -0.25) is 14.1 Å². The molecule has 2 rings (SSSR count). The summed E-state index contributed by atoms with van der Waals surface area (Å²) in [7, 11) is -1.02. The van der Waals surface area contributed by atoms with Crippen molar-refractivity contribution in [2.75, 3.05) is 38.6 Å². The van der Waals surface area contributed by atoms with Gasteiger partial charge < -0.3 is 4.74 Å². The molecule has 0 spiro atoms. The lowest BCUT2D eigenvalue weighted by Gasteiger charge is -2.26. The lowest BCUT2D eigenvalue weighted by atomic mass is 10.4. The Morgan fingerprint density at radius 2 is 2.18 bits per heavy atom. The Bertz CT molecular complexity index is 397. The summed E-state index contributed by atoms with van der Waals surface area (Å²) in [6.07, 6.45) is 3.16. The summed E-state index contributed by atoms with van der Waals surface area (Å²) in [5.74, 6) is 0.613. The molecule has 0 aromatic carbocycles. The van der Waals surface area contributed by atoms with Gasteiger partial charge in [0.15, 0.2) is 0 Å². The maximum Gasteiger partial charge on any atom is 0.0601 e. The molecule has 0 bridgehead atoms. The molecule has 0 radical (unpaired) electrons. The normalized spacial score (nSPS) is 19.1. The summed E-state index contributed by atoms with van der Waals surface area (Å²) >= 11 is 5.81. The highest BCUT2D eigenvalue weighted by Gasteiger charge is 2.12. The average molecular weight is 275 g/mol. The highest BCUT2D eigenvalue weighted by atomic mass is 35.5. The minimum atomic E-state index is -1.02. The molecule has 4 nitrogen and oxygen atoms in total. The molecule has 1 aromatic rings. The fourth-order valence-electron chi connectivity index (χ4n) is 1.67. The van der Waals surface area contributed by atoms with E-state index in [9.17, 15) is 4.21 Å². The quantitative estimate of drug-likeness (QED) is 0.827. The van der Waals surface area contributed by atoms with Crippen LogP contribution in [0.4, 0.5) is 0 Å². The number of halogens is 1. The van der Waals surface area contributed by atoms with Crippen LogP contribution in [-0.4, -0.2) is 52.7 Å². The number of rotatable bonds is 4. The van der Waals surface area contributed by atoms with E-state index in [-0.39, 0.29) is 0 Å². The van der Waals surface area contributed by atoms with Gasteiger partial charge in [-0.15, -0.1) is 0 Å². The summed E-state index contributed by atoms with van der Waals surface area (Å²) in [4.78, 5) is 6.90. The van der Waals surface area contributed by atoms with E-state index >= 15 is 0 Å². The van der Waals surface area contributed by atoms with Crippen LogP contribution >= 0.6 is 11.6 Å². The topological polar surface area (TPSA) is 42.4 Å². The van der Waals surface area contributed by atoms with Crippen molar-refractivity contribution in [1.82, 2.24) is 9.88 Å². The zero-order valence-corrected chi connectivity index (χ0v) is 11.0. The van der Waals surface area contributed by atoms with Crippen molar-refractivity contribution >= 4 is 22.4 Å². The van der Waals surface area contributed by atoms with Crippen molar-refractivity contribution in [2.45, 2.75) is 4.90 Å². The van der Waals surface area contributed by atoms with Gasteiger partial charge in [-0.1, -0.05) is 11.6 Å². The molecule has 1 aromatic heterocycles. The molecule has 2 heterocycles. The monoisotopic (exact) mass is 274 g/mol. The predicted molar refractivity (Wildman–Crippen MR) is 67.8 cm³/mol. The van der Waals surface area contributed by atoms with Gasteiger partial charge in [0, 0.05) is 37.8 Å². The number of nitrogens with zero attached hydrogens (tertiary/aromatic N) is 2. The van der Waals surface area contributed by atoms with Crippen molar-refractivity contribution in [3.05, 3.63) is 23.5 Å². The van der Waals surface area contributed by atoms with Crippen LogP contribution in [-0.2, 0) is 15.5 Å². The van der Waals surface area contributed by atoms with E-state index in [0.29, 0.717) is 15.7 Å². The number of pyridine rings is 1. The SMILES string of the molecule is O=S(CCN1CCOCC1)c1cncc(Cl)c1. The molecular weight excluding hydrogens is 260 g/mol. The zero-order valence-electron chi connectivity index (χ0n) is 9.47. The largest absolute Gasteiger partial charge is 0.379 e. The number of ether oxygens (including phenoxy) is 1. The van der Waals surface area contributed by atoms with E-state index in [2.05, 4.69) is 9.88 Å². The van der Waals surface area contributed by atoms with Gasteiger partial charge in [0.1, 0.15) is 0 Å². The molecule has 1 aliphatic heterocycles. The molecule has 0 amide bonds. The maximum absolute atomic E-state index is 12.0. The van der Waals surface area contributed by atoms with E-state index in [1.807, 2.05) is 0 Å². The Kier molecular flexibility index (Phi) is 4.91. The fourth-order valence-corrected chi connectivity index (χ4v) is 3.01. The molecule has 1 unspecified atom stereocenters. The fraction of sp³-hybridized carbons (Fsp3) is 0.545. The Balaban J connectivity index is 1.84. The number of hydrogen-bond acceptors (Lipinski definition) is 4. The van der Waals surface area contributed by atoms with Gasteiger partial charge in [0.2, 0.25) is 0 Å². The Labute approximate surface area is 108 Å². The van der Waals surface area contributed by atoms with Gasteiger partial charge in [-0.25, -0.2) is 0 Å². The molecule has 1 fully saturated rings. The third kappa shape index (κ3) is 4.03. The second-order valence-corrected chi connectivity index (χ2v) is 5.85. The van der Waals surface area contributed by atoms with Crippen molar-refractivity contribution in [3.63, 3.8) is 0 Å². The van der Waals surface area contributed by atoms with E-state index in [1.54, 1.807) is 18.5 Å². The van der Waals surface area contributed by atoms with Crippen LogP contribution in [0.1, 0.15) is 0 Å². The standard InChI is InChI=1S/C11H15ClN2O2S/c12-10-7-11(9-13-8-10)17(15)6-3-14-1-4-16-5-2-14/h7-9H,1-6H2. The first-order chi connectivity index (χ1) is 8.25. The second-order valence-electron chi connectivity index (χ2n) is 3.84. The van der Waals surface area contributed by atoms with Gasteiger partial charge >= 0.3 is 0 Å². The van der Waals surface area contributed by atoms with Crippen LogP contribution in [0.5, 0.6) is 0 Å². The molecule has 0 aliphatic carbocycles. The van der Waals surface area contributed by atoms with E-state index < -0.39 is 10.8 Å². The average Bonchev–Trinajstić information content (AvgIpc) is 2.37. The molecule has 1 atom stereocenters. The van der Waals surface area contributed by atoms with Crippen molar-refractivity contribution in [3.8, 4) is 0 Å². The number of morpholine rings is 1. The first-order valence-corrected chi connectivity index (χ1v) is 7.24. The second kappa shape index (κ2) is 6.44. The van der Waals surface area contributed by atoms with Crippen LogP contribution in [0.3, 0.4) is 0 Å². The molecule has 17 heavy (non-hydrogen) atoms. The molecule has 6 heteroatoms. The van der Waals surface area contributed by atoms with Crippen LogP contribution < -0.4 is 0 Å². The Morgan fingerprint density at radius 1 is 1.41 bits per heavy atom. The maximum atomic E-state index is 12.0. The first-order valence-electron chi connectivity index (χ1n) is 5.55. The van der Waals surface area contributed by atoms with Crippen LogP contribution in [0.25, 0.3) is 0 Å². The first kappa shape index (κ1) is 13.0. The molecule has 0 N–H and O–H groups in total. The van der Waals surface area contributed by atoms with Gasteiger partial charge in [0.05, 0.1) is 33.9 Å². The highest BCUT2D eigenvalue weighted by molar-refractivity contribution is 7.85. The molecule has 94 valence electrons. The van der Waals surface area contributed by atoms with Gasteiger partial charge in [-0.05, 0) is 6.07 Å². The van der Waals surface area contributed by atoms with Crippen LogP contribution in [0, 0.1) is 0 Å². The summed E-state index contributed by atoms with van der Waals surface area (Å²) < 4.78 is 17.3. The summed E-state index contributed by atoms with van der Waals surface area (Å²) in [6, 6.07) is 1.71. The summed E-state index contributed by atoms with van der Waals surface area (Å²) in [5, 5.41) is 0.530. The third-order valence-electron chi connectivity index (χ3n) is 2.64. The predicted octanol–water partition coefficient (Wildman–Crippen LogP) is 1.17. The van der Waals surface area contributed by atoms with E-state index in [4.69, 9.17) is 16.3 Å². The number of aromatic nitrogens is 1. The lowest BCUT2D eigenvalue weighted by molar-refractivity contribution is 0.0409. The van der Waals surface area contributed by atoms with E-state index in [0.717, 1.165) is 32.8 Å². The number of hydrogen-bond donors (Lipinski definition) is 0. The summed E-state index contributed by atoms with van der Waals surface area (Å²) in [5.41, 5.74) is 0. The zero-order chi connectivity index (χ0) is 12.1. The smallest absolute Gasteiger partial charge is 0.0601 e. The minimum absolute atomic E-state index is 0.530. The van der Waals surface area contributed by atoms with Gasteiger partial charge in [0.25, 0.3) is 0 Å². The Morgan fingerprint density at radius 3 is 2.88 bits per heavy atom.